The van der Waals surface area contributed by atoms with Crippen LogP contribution in [0.3, 0.4) is 0 Å². The van der Waals surface area contributed by atoms with Crippen LogP contribution < -0.4 is 19.5 Å². The zero-order chi connectivity index (χ0) is 21.0. The molecular weight excluding hydrogens is 396 g/mol. The molecule has 10 heteroatoms. The van der Waals surface area contributed by atoms with Gasteiger partial charge in [-0.2, -0.15) is 17.4 Å². The summed E-state index contributed by atoms with van der Waals surface area (Å²) in [5, 5.41) is 2.77. The number of hydrogen-bond acceptors (Lipinski definition) is 6. The third kappa shape index (κ3) is 4.66. The molecule has 0 aliphatic carbocycles. The average molecular weight is 420 g/mol. The van der Waals surface area contributed by atoms with E-state index in [0.29, 0.717) is 22.8 Å². The fourth-order valence-electron chi connectivity index (χ4n) is 3.19. The summed E-state index contributed by atoms with van der Waals surface area (Å²) in [5.74, 6) is 0.643. The van der Waals surface area contributed by atoms with Crippen LogP contribution in [0.1, 0.15) is 23.7 Å². The molecule has 3 rings (SSSR count). The van der Waals surface area contributed by atoms with Gasteiger partial charge in [-0.05, 0) is 36.2 Å². The van der Waals surface area contributed by atoms with E-state index in [1.54, 1.807) is 36.5 Å². The fourth-order valence-corrected chi connectivity index (χ4v) is 4.47. The number of ether oxygens (including phenoxy) is 2. The minimum Gasteiger partial charge on any atom is -0.493 e. The third-order valence-electron chi connectivity index (χ3n) is 4.85. The third-order valence-corrected chi connectivity index (χ3v) is 6.45. The summed E-state index contributed by atoms with van der Waals surface area (Å²) < 4.78 is 39.4. The van der Waals surface area contributed by atoms with Gasteiger partial charge >= 0.3 is 0 Å². The van der Waals surface area contributed by atoms with Crippen molar-refractivity contribution in [2.75, 3.05) is 21.3 Å². The molecule has 0 unspecified atom stereocenters. The van der Waals surface area contributed by atoms with Crippen molar-refractivity contribution in [1.29, 1.82) is 0 Å². The first-order valence-electron chi connectivity index (χ1n) is 9.00. The topological polar surface area (TPSA) is 110 Å². The second-order valence-corrected chi connectivity index (χ2v) is 8.36. The van der Waals surface area contributed by atoms with Gasteiger partial charge < -0.3 is 14.8 Å². The Morgan fingerprint density at radius 3 is 2.66 bits per heavy atom. The van der Waals surface area contributed by atoms with E-state index in [9.17, 15) is 13.2 Å². The van der Waals surface area contributed by atoms with Gasteiger partial charge in [-0.3, -0.25) is 9.78 Å². The second-order valence-electron chi connectivity index (χ2n) is 6.60. The molecule has 1 fully saturated rings. The van der Waals surface area contributed by atoms with Crippen LogP contribution >= 0.6 is 0 Å². The van der Waals surface area contributed by atoms with Gasteiger partial charge in [0.1, 0.15) is 6.04 Å². The summed E-state index contributed by atoms with van der Waals surface area (Å²) in [4.78, 5) is 16.9. The van der Waals surface area contributed by atoms with Crippen molar-refractivity contribution >= 4 is 16.1 Å². The van der Waals surface area contributed by atoms with E-state index >= 15 is 0 Å². The quantitative estimate of drug-likeness (QED) is 0.721. The van der Waals surface area contributed by atoms with Crippen molar-refractivity contribution in [1.82, 2.24) is 19.3 Å². The lowest BCUT2D eigenvalue weighted by molar-refractivity contribution is -0.125. The highest BCUT2D eigenvalue weighted by Crippen LogP contribution is 2.34. The first kappa shape index (κ1) is 21.0. The maximum absolute atomic E-state index is 12.8. The van der Waals surface area contributed by atoms with Gasteiger partial charge in [-0.25, -0.2) is 0 Å². The zero-order valence-electron chi connectivity index (χ0n) is 16.5. The molecule has 1 saturated heterocycles. The highest BCUT2D eigenvalue weighted by molar-refractivity contribution is 7.87. The number of likely N-dealkylation sites (N-methyl/N-ethyl adjacent to an activating group) is 1. The van der Waals surface area contributed by atoms with Crippen LogP contribution in [0.25, 0.3) is 0 Å². The minimum atomic E-state index is -3.84. The van der Waals surface area contributed by atoms with Crippen molar-refractivity contribution < 1.29 is 22.7 Å². The molecule has 1 aliphatic heterocycles. The number of methoxy groups -OCH3 is 2. The molecule has 9 nitrogen and oxygen atoms in total. The molecule has 0 saturated carbocycles. The number of nitrogens with one attached hydrogen (secondary N) is 2. The van der Waals surface area contributed by atoms with Crippen molar-refractivity contribution in [2.45, 2.75) is 25.0 Å². The highest BCUT2D eigenvalue weighted by Gasteiger charge is 2.40. The molecule has 2 aromatic rings. The van der Waals surface area contributed by atoms with E-state index in [1.165, 1.54) is 21.3 Å². The molecule has 0 spiro atoms. The SMILES string of the molecule is COc1ccc([C@@H]2C[C@H](C(=O)NCc3ccccn3)N(C)S(=O)(=O)N2)cc1OC. The number of carbonyl (C=O) groups is 1. The zero-order valence-corrected chi connectivity index (χ0v) is 17.3. The summed E-state index contributed by atoms with van der Waals surface area (Å²) in [6.07, 6.45) is 1.90. The van der Waals surface area contributed by atoms with Gasteiger partial charge in [-0.1, -0.05) is 12.1 Å². The Bertz CT molecular complexity index is 968. The number of amides is 1. The summed E-state index contributed by atoms with van der Waals surface area (Å²) in [6, 6.07) is 9.12. The monoisotopic (exact) mass is 420 g/mol. The first-order valence-corrected chi connectivity index (χ1v) is 10.4. The van der Waals surface area contributed by atoms with E-state index in [0.717, 1.165) is 4.31 Å². The molecule has 0 bridgehead atoms. The smallest absolute Gasteiger partial charge is 0.280 e. The molecule has 1 aromatic heterocycles. The Hall–Kier alpha value is -2.69. The van der Waals surface area contributed by atoms with Gasteiger partial charge in [0, 0.05) is 13.2 Å². The number of carbonyl (C=O) groups excluding carboxylic acids is 1. The lowest BCUT2D eigenvalue weighted by Gasteiger charge is -2.36. The largest absolute Gasteiger partial charge is 0.493 e. The van der Waals surface area contributed by atoms with Crippen LogP contribution in [-0.2, 0) is 21.5 Å². The first-order chi connectivity index (χ1) is 13.9. The predicted molar refractivity (Wildman–Crippen MR) is 107 cm³/mol. The van der Waals surface area contributed by atoms with Crippen molar-refractivity contribution in [3.05, 3.63) is 53.9 Å². The van der Waals surface area contributed by atoms with Crippen molar-refractivity contribution in [3.8, 4) is 11.5 Å². The van der Waals surface area contributed by atoms with E-state index in [-0.39, 0.29) is 18.9 Å². The Morgan fingerprint density at radius 1 is 1.24 bits per heavy atom. The van der Waals surface area contributed by atoms with Crippen molar-refractivity contribution in [3.63, 3.8) is 0 Å². The number of nitrogens with zero attached hydrogens (tertiary/aromatic N) is 2. The van der Waals surface area contributed by atoms with Crippen LogP contribution in [0, 0.1) is 0 Å². The van der Waals surface area contributed by atoms with Crippen LogP contribution in [0.5, 0.6) is 11.5 Å². The highest BCUT2D eigenvalue weighted by atomic mass is 32.2. The molecule has 1 aliphatic rings. The minimum absolute atomic E-state index is 0.221. The number of hydrogen-bond donors (Lipinski definition) is 2. The number of rotatable bonds is 6. The van der Waals surface area contributed by atoms with E-state index in [1.807, 2.05) is 6.07 Å². The van der Waals surface area contributed by atoms with Crippen LogP contribution in [0.4, 0.5) is 0 Å². The molecule has 0 radical (unpaired) electrons. The van der Waals surface area contributed by atoms with E-state index in [2.05, 4.69) is 15.0 Å². The Morgan fingerprint density at radius 2 is 2.00 bits per heavy atom. The van der Waals surface area contributed by atoms with Crippen LogP contribution in [0.15, 0.2) is 42.6 Å². The summed E-state index contributed by atoms with van der Waals surface area (Å²) in [6.45, 7) is 0.221. The maximum Gasteiger partial charge on any atom is 0.280 e. The van der Waals surface area contributed by atoms with Crippen molar-refractivity contribution in [2.24, 2.45) is 0 Å². The summed E-state index contributed by atoms with van der Waals surface area (Å²) >= 11 is 0. The summed E-state index contributed by atoms with van der Waals surface area (Å²) in [7, 11) is 0.585. The molecule has 156 valence electrons. The van der Waals surface area contributed by atoms with E-state index in [4.69, 9.17) is 9.47 Å². The molecule has 2 heterocycles. The Labute approximate surface area is 170 Å². The van der Waals surface area contributed by atoms with Gasteiger partial charge in [0.15, 0.2) is 11.5 Å². The lowest BCUT2D eigenvalue weighted by Crippen LogP contribution is -2.57. The average Bonchev–Trinajstić information content (AvgIpc) is 2.74. The van der Waals surface area contributed by atoms with Crippen LogP contribution in [0.2, 0.25) is 0 Å². The Kier molecular flexibility index (Phi) is 6.36. The Balaban J connectivity index is 1.80. The normalized spacial score (nSPS) is 21.3. The molecule has 2 atom stereocenters. The number of aromatic nitrogens is 1. The maximum atomic E-state index is 12.8. The van der Waals surface area contributed by atoms with Gasteiger partial charge in [-0.15, -0.1) is 0 Å². The second kappa shape index (κ2) is 8.76. The van der Waals surface area contributed by atoms with E-state index < -0.39 is 22.3 Å². The molecule has 1 amide bonds. The van der Waals surface area contributed by atoms with Gasteiger partial charge in [0.25, 0.3) is 10.2 Å². The van der Waals surface area contributed by atoms with Crippen LogP contribution in [-0.4, -0.2) is 50.9 Å². The fraction of sp³-hybridized carbons (Fsp3) is 0.368. The molecule has 29 heavy (non-hydrogen) atoms. The molecular formula is C19H24N4O5S. The van der Waals surface area contributed by atoms with Gasteiger partial charge in [0.2, 0.25) is 5.91 Å². The number of pyridine rings is 1. The lowest BCUT2D eigenvalue weighted by atomic mass is 9.99. The predicted octanol–water partition coefficient (Wildman–Crippen LogP) is 0.995. The summed E-state index contributed by atoms with van der Waals surface area (Å²) in [5.41, 5.74) is 1.37. The van der Waals surface area contributed by atoms with Gasteiger partial charge in [0.05, 0.1) is 32.5 Å². The standard InChI is InChI=1S/C19H24N4O5S/c1-23-16(19(24)21-12-14-6-4-5-9-20-14)11-15(22-29(23,25)26)13-7-8-17(27-2)18(10-13)28-3/h4-10,15-16,22H,11-12H2,1-3H3,(H,21,24)/t15-,16+/m0/s1. The molecule has 2 N–H and O–H groups in total. The molecule has 1 aromatic carbocycles. The number of benzene rings is 1.